The lowest BCUT2D eigenvalue weighted by molar-refractivity contribution is 0.398. The third-order valence-electron chi connectivity index (χ3n) is 3.37. The zero-order valence-corrected chi connectivity index (χ0v) is 13.4. The van der Waals surface area contributed by atoms with Gasteiger partial charge in [0.2, 0.25) is 11.8 Å². The number of rotatable bonds is 7. The first-order chi connectivity index (χ1) is 11.8. The summed E-state index contributed by atoms with van der Waals surface area (Å²) < 4.78 is 5.10. The molecule has 6 heteroatoms. The molecule has 2 N–H and O–H groups in total. The Labute approximate surface area is 141 Å². The van der Waals surface area contributed by atoms with Crippen LogP contribution in [0.4, 0.5) is 11.8 Å². The van der Waals surface area contributed by atoms with Crippen LogP contribution >= 0.6 is 0 Å². The first kappa shape index (κ1) is 15.7. The molecule has 0 unspecified atom stereocenters. The standard InChI is InChI=1S/C18H19N5O/c1-24-17-9-5-8-16(23-17)19-12-13-21-18-20-11-10-15(22-18)14-6-3-2-4-7-14/h2-11H,12-13H2,1H3,(H,19,23)(H,20,21,22). The number of benzene rings is 1. The van der Waals surface area contributed by atoms with E-state index in [1.165, 1.54) is 0 Å². The van der Waals surface area contributed by atoms with Gasteiger partial charge in [-0.05, 0) is 12.1 Å². The molecule has 2 aromatic heterocycles. The Balaban J connectivity index is 1.53. The number of hydrogen-bond donors (Lipinski definition) is 2. The first-order valence-electron chi connectivity index (χ1n) is 7.72. The molecule has 0 radical (unpaired) electrons. The van der Waals surface area contributed by atoms with Crippen molar-refractivity contribution >= 4 is 11.8 Å². The van der Waals surface area contributed by atoms with Crippen molar-refractivity contribution in [2.24, 2.45) is 0 Å². The quantitative estimate of drug-likeness (QED) is 0.652. The molecule has 0 saturated heterocycles. The number of anilines is 2. The van der Waals surface area contributed by atoms with Crippen LogP contribution in [0.1, 0.15) is 0 Å². The van der Waals surface area contributed by atoms with Gasteiger partial charge in [-0.25, -0.2) is 9.97 Å². The lowest BCUT2D eigenvalue weighted by Crippen LogP contribution is -2.15. The van der Waals surface area contributed by atoms with E-state index in [2.05, 4.69) is 25.6 Å². The van der Waals surface area contributed by atoms with E-state index >= 15 is 0 Å². The van der Waals surface area contributed by atoms with Crippen molar-refractivity contribution in [2.75, 3.05) is 30.8 Å². The number of pyridine rings is 1. The minimum Gasteiger partial charge on any atom is -0.481 e. The SMILES string of the molecule is COc1cccc(NCCNc2nccc(-c3ccccc3)n2)n1. The van der Waals surface area contributed by atoms with Gasteiger partial charge in [0.25, 0.3) is 0 Å². The van der Waals surface area contributed by atoms with E-state index in [9.17, 15) is 0 Å². The molecule has 0 bridgehead atoms. The average molecular weight is 321 g/mol. The Morgan fingerprint density at radius 2 is 1.71 bits per heavy atom. The normalized spacial score (nSPS) is 10.2. The number of nitrogens with one attached hydrogen (secondary N) is 2. The summed E-state index contributed by atoms with van der Waals surface area (Å²) in [4.78, 5) is 13.1. The zero-order valence-electron chi connectivity index (χ0n) is 13.4. The monoisotopic (exact) mass is 321 g/mol. The van der Waals surface area contributed by atoms with E-state index in [1.54, 1.807) is 13.3 Å². The minimum atomic E-state index is 0.590. The Morgan fingerprint density at radius 3 is 2.54 bits per heavy atom. The van der Waals surface area contributed by atoms with E-state index in [0.29, 0.717) is 24.9 Å². The van der Waals surface area contributed by atoms with Gasteiger partial charge in [-0.15, -0.1) is 0 Å². The predicted molar refractivity (Wildman–Crippen MR) is 95.2 cm³/mol. The molecule has 0 atom stereocenters. The van der Waals surface area contributed by atoms with Gasteiger partial charge in [0.1, 0.15) is 5.82 Å². The second kappa shape index (κ2) is 7.92. The molecule has 0 aliphatic rings. The van der Waals surface area contributed by atoms with Crippen molar-refractivity contribution in [3.05, 3.63) is 60.8 Å². The molecule has 0 fully saturated rings. The van der Waals surface area contributed by atoms with Crippen molar-refractivity contribution in [1.29, 1.82) is 0 Å². The van der Waals surface area contributed by atoms with Gasteiger partial charge in [0.15, 0.2) is 0 Å². The van der Waals surface area contributed by atoms with E-state index in [0.717, 1.165) is 17.1 Å². The van der Waals surface area contributed by atoms with Gasteiger partial charge < -0.3 is 15.4 Å². The highest BCUT2D eigenvalue weighted by molar-refractivity contribution is 5.59. The summed E-state index contributed by atoms with van der Waals surface area (Å²) >= 11 is 0. The predicted octanol–water partition coefficient (Wildman–Crippen LogP) is 3.07. The Hall–Kier alpha value is -3.15. The molecule has 2 heterocycles. The van der Waals surface area contributed by atoms with Crippen LogP contribution in [-0.2, 0) is 0 Å². The Morgan fingerprint density at radius 1 is 0.875 bits per heavy atom. The summed E-state index contributed by atoms with van der Waals surface area (Å²) in [5, 5.41) is 6.44. The zero-order chi connectivity index (χ0) is 16.6. The number of ether oxygens (including phenoxy) is 1. The highest BCUT2D eigenvalue weighted by atomic mass is 16.5. The summed E-state index contributed by atoms with van der Waals surface area (Å²) in [6, 6.07) is 17.5. The summed E-state index contributed by atoms with van der Waals surface area (Å²) in [5.41, 5.74) is 1.97. The topological polar surface area (TPSA) is 72.0 Å². The lowest BCUT2D eigenvalue weighted by atomic mass is 10.1. The second-order valence-corrected chi connectivity index (χ2v) is 5.05. The second-order valence-electron chi connectivity index (χ2n) is 5.05. The van der Waals surface area contributed by atoms with Crippen LogP contribution in [-0.4, -0.2) is 35.2 Å². The largest absolute Gasteiger partial charge is 0.481 e. The maximum absolute atomic E-state index is 5.10. The summed E-state index contributed by atoms with van der Waals surface area (Å²) in [7, 11) is 1.60. The van der Waals surface area contributed by atoms with Crippen molar-refractivity contribution in [3.8, 4) is 17.1 Å². The number of aromatic nitrogens is 3. The van der Waals surface area contributed by atoms with Crippen molar-refractivity contribution in [1.82, 2.24) is 15.0 Å². The summed E-state index contributed by atoms with van der Waals surface area (Å²) in [6.07, 6.45) is 1.76. The smallest absolute Gasteiger partial charge is 0.223 e. The van der Waals surface area contributed by atoms with Crippen LogP contribution in [0.15, 0.2) is 60.8 Å². The number of hydrogen-bond acceptors (Lipinski definition) is 6. The molecule has 24 heavy (non-hydrogen) atoms. The van der Waals surface area contributed by atoms with Gasteiger partial charge in [0.05, 0.1) is 12.8 Å². The fourth-order valence-corrected chi connectivity index (χ4v) is 2.21. The van der Waals surface area contributed by atoms with Crippen LogP contribution in [0.25, 0.3) is 11.3 Å². The summed E-state index contributed by atoms with van der Waals surface area (Å²) in [5.74, 6) is 1.97. The molecule has 1 aromatic carbocycles. The molecule has 0 aliphatic heterocycles. The highest BCUT2D eigenvalue weighted by Gasteiger charge is 2.01. The van der Waals surface area contributed by atoms with Gasteiger partial charge in [-0.2, -0.15) is 4.98 Å². The van der Waals surface area contributed by atoms with Crippen LogP contribution < -0.4 is 15.4 Å². The Kier molecular flexibility index (Phi) is 5.19. The molecule has 3 aromatic rings. The van der Waals surface area contributed by atoms with Gasteiger partial charge in [-0.3, -0.25) is 0 Å². The van der Waals surface area contributed by atoms with Gasteiger partial charge in [-0.1, -0.05) is 36.4 Å². The molecule has 0 spiro atoms. The third kappa shape index (κ3) is 4.19. The van der Waals surface area contributed by atoms with Crippen LogP contribution in [0.3, 0.4) is 0 Å². The molecular weight excluding hydrogens is 302 g/mol. The fraction of sp³-hybridized carbons (Fsp3) is 0.167. The molecule has 6 nitrogen and oxygen atoms in total. The van der Waals surface area contributed by atoms with Crippen LogP contribution in [0.2, 0.25) is 0 Å². The van der Waals surface area contributed by atoms with E-state index < -0.39 is 0 Å². The van der Waals surface area contributed by atoms with E-state index in [1.807, 2.05) is 54.6 Å². The summed E-state index contributed by atoms with van der Waals surface area (Å²) in [6.45, 7) is 1.37. The number of methoxy groups -OCH3 is 1. The average Bonchev–Trinajstić information content (AvgIpc) is 2.66. The minimum absolute atomic E-state index is 0.590. The molecule has 3 rings (SSSR count). The van der Waals surface area contributed by atoms with Gasteiger partial charge in [0, 0.05) is 30.9 Å². The third-order valence-corrected chi connectivity index (χ3v) is 3.37. The van der Waals surface area contributed by atoms with E-state index in [-0.39, 0.29) is 0 Å². The molecule has 0 aliphatic carbocycles. The van der Waals surface area contributed by atoms with Gasteiger partial charge >= 0.3 is 0 Å². The van der Waals surface area contributed by atoms with E-state index in [4.69, 9.17) is 4.74 Å². The van der Waals surface area contributed by atoms with Crippen molar-refractivity contribution in [3.63, 3.8) is 0 Å². The maximum atomic E-state index is 5.10. The highest BCUT2D eigenvalue weighted by Crippen LogP contribution is 2.16. The first-order valence-corrected chi connectivity index (χ1v) is 7.72. The number of nitrogens with zero attached hydrogens (tertiary/aromatic N) is 3. The lowest BCUT2D eigenvalue weighted by Gasteiger charge is -2.09. The van der Waals surface area contributed by atoms with Crippen LogP contribution in [0.5, 0.6) is 5.88 Å². The Bertz CT molecular complexity index is 779. The molecule has 122 valence electrons. The maximum Gasteiger partial charge on any atom is 0.223 e. The molecule has 0 amide bonds. The van der Waals surface area contributed by atoms with Crippen molar-refractivity contribution < 1.29 is 4.74 Å². The van der Waals surface area contributed by atoms with Crippen LogP contribution in [0, 0.1) is 0 Å². The fourth-order valence-electron chi connectivity index (χ4n) is 2.21. The molecular formula is C18H19N5O. The molecule has 0 saturated carbocycles. The van der Waals surface area contributed by atoms with Crippen molar-refractivity contribution in [2.45, 2.75) is 0 Å².